The predicted octanol–water partition coefficient (Wildman–Crippen LogP) is 4.29. The molecular weight excluding hydrogens is 393 g/mol. The van der Waals surface area contributed by atoms with Crippen LogP contribution < -0.4 is 10.4 Å². The smallest absolute Gasteiger partial charge is 0.282 e. The molecule has 6 heteroatoms. The van der Waals surface area contributed by atoms with Gasteiger partial charge in [-0.25, -0.2) is 9.40 Å². The first-order chi connectivity index (χ1) is 15.1. The molecule has 1 aliphatic heterocycles. The SMILES string of the molecule is O=C1NN(c2ccccc2)C(=O)C1=Cc1cn(Cc2ccccc2F)c2ccccc12. The van der Waals surface area contributed by atoms with E-state index < -0.39 is 11.8 Å². The van der Waals surface area contributed by atoms with Crippen molar-refractivity contribution < 1.29 is 14.0 Å². The van der Waals surface area contributed by atoms with E-state index in [0.717, 1.165) is 16.5 Å². The van der Waals surface area contributed by atoms with Gasteiger partial charge in [0, 0.05) is 28.2 Å². The Morgan fingerprint density at radius 3 is 2.39 bits per heavy atom. The van der Waals surface area contributed by atoms with Gasteiger partial charge in [-0.15, -0.1) is 0 Å². The lowest BCUT2D eigenvalue weighted by molar-refractivity contribution is -0.117. The van der Waals surface area contributed by atoms with Gasteiger partial charge >= 0.3 is 0 Å². The Bertz CT molecular complexity index is 1340. The quantitative estimate of drug-likeness (QED) is 0.402. The second-order valence-corrected chi connectivity index (χ2v) is 7.30. The normalized spacial score (nSPS) is 15.1. The number of carbonyl (C=O) groups is 2. The van der Waals surface area contributed by atoms with Crippen molar-refractivity contribution >= 4 is 34.5 Å². The molecule has 1 saturated heterocycles. The summed E-state index contributed by atoms with van der Waals surface area (Å²) in [7, 11) is 0. The number of halogens is 1. The van der Waals surface area contributed by atoms with E-state index >= 15 is 0 Å². The third-order valence-electron chi connectivity index (χ3n) is 5.32. The molecule has 1 aliphatic rings. The van der Waals surface area contributed by atoms with E-state index in [1.165, 1.54) is 11.1 Å². The molecule has 0 unspecified atom stereocenters. The molecule has 0 atom stereocenters. The summed E-state index contributed by atoms with van der Waals surface area (Å²) in [6.07, 6.45) is 3.44. The number of nitrogens with one attached hydrogen (secondary N) is 1. The third kappa shape index (κ3) is 3.38. The van der Waals surface area contributed by atoms with Crippen LogP contribution in [-0.2, 0) is 16.1 Å². The van der Waals surface area contributed by atoms with Crippen LogP contribution in [0.2, 0.25) is 0 Å². The van der Waals surface area contributed by atoms with Crippen LogP contribution in [0.5, 0.6) is 0 Å². The number of benzene rings is 3. The molecule has 5 rings (SSSR count). The second-order valence-electron chi connectivity index (χ2n) is 7.30. The van der Waals surface area contributed by atoms with Crippen LogP contribution in [0, 0.1) is 5.82 Å². The summed E-state index contributed by atoms with van der Waals surface area (Å²) in [6.45, 7) is 0.340. The Balaban J connectivity index is 1.55. The molecule has 2 heterocycles. The highest BCUT2D eigenvalue weighted by Gasteiger charge is 2.34. The van der Waals surface area contributed by atoms with Crippen molar-refractivity contribution in [3.8, 4) is 0 Å². The van der Waals surface area contributed by atoms with Gasteiger partial charge in [0.15, 0.2) is 0 Å². The number of rotatable bonds is 4. The van der Waals surface area contributed by atoms with Gasteiger partial charge in [-0.3, -0.25) is 15.0 Å². The number of hydrogen-bond donors (Lipinski definition) is 1. The highest BCUT2D eigenvalue weighted by Crippen LogP contribution is 2.27. The summed E-state index contributed by atoms with van der Waals surface area (Å²) < 4.78 is 16.1. The molecule has 0 radical (unpaired) electrons. The lowest BCUT2D eigenvalue weighted by Gasteiger charge is -2.13. The number of hydrazine groups is 1. The first kappa shape index (κ1) is 18.8. The van der Waals surface area contributed by atoms with Crippen molar-refractivity contribution in [2.24, 2.45) is 0 Å². The largest absolute Gasteiger partial charge is 0.342 e. The number of hydrogen-bond acceptors (Lipinski definition) is 2. The fourth-order valence-electron chi connectivity index (χ4n) is 3.80. The first-order valence-electron chi connectivity index (χ1n) is 9.85. The van der Waals surface area contributed by atoms with Crippen molar-refractivity contribution in [3.05, 3.63) is 108 Å². The Morgan fingerprint density at radius 1 is 0.871 bits per heavy atom. The second kappa shape index (κ2) is 7.57. The predicted molar refractivity (Wildman–Crippen MR) is 117 cm³/mol. The number of fused-ring (bicyclic) bond motifs is 1. The number of aromatic nitrogens is 1. The minimum atomic E-state index is -0.459. The molecule has 31 heavy (non-hydrogen) atoms. The summed E-state index contributed by atoms with van der Waals surface area (Å²) in [4.78, 5) is 25.5. The van der Waals surface area contributed by atoms with E-state index in [4.69, 9.17) is 0 Å². The number of amides is 2. The van der Waals surface area contributed by atoms with Gasteiger partial charge in [0.2, 0.25) is 0 Å². The summed E-state index contributed by atoms with van der Waals surface area (Å²) in [5.41, 5.74) is 5.43. The molecule has 4 aromatic rings. The third-order valence-corrected chi connectivity index (χ3v) is 5.32. The molecule has 2 amide bonds. The monoisotopic (exact) mass is 411 g/mol. The number of anilines is 1. The maximum atomic E-state index is 14.2. The summed E-state index contributed by atoms with van der Waals surface area (Å²) in [6, 6.07) is 23.2. The molecule has 3 aromatic carbocycles. The average molecular weight is 411 g/mol. The number of carbonyl (C=O) groups excluding carboxylic acids is 2. The minimum absolute atomic E-state index is 0.0534. The van der Waals surface area contributed by atoms with Gasteiger partial charge < -0.3 is 4.57 Å². The van der Waals surface area contributed by atoms with Crippen LogP contribution in [0.15, 0.2) is 90.6 Å². The molecular formula is C25H18FN3O2. The zero-order valence-electron chi connectivity index (χ0n) is 16.5. The topological polar surface area (TPSA) is 54.3 Å². The van der Waals surface area contributed by atoms with Gasteiger partial charge in [-0.1, -0.05) is 54.6 Å². The van der Waals surface area contributed by atoms with Crippen molar-refractivity contribution in [2.45, 2.75) is 6.54 Å². The average Bonchev–Trinajstić information content (AvgIpc) is 3.28. The van der Waals surface area contributed by atoms with E-state index in [-0.39, 0.29) is 11.4 Å². The zero-order chi connectivity index (χ0) is 21.4. The lowest BCUT2D eigenvalue weighted by atomic mass is 10.1. The Kier molecular flexibility index (Phi) is 4.59. The van der Waals surface area contributed by atoms with E-state index in [1.807, 2.05) is 41.1 Å². The molecule has 1 aromatic heterocycles. The lowest BCUT2D eigenvalue weighted by Crippen LogP contribution is -2.35. The minimum Gasteiger partial charge on any atom is -0.342 e. The first-order valence-corrected chi connectivity index (χ1v) is 9.85. The number of para-hydroxylation sites is 2. The Morgan fingerprint density at radius 2 is 1.58 bits per heavy atom. The van der Waals surface area contributed by atoms with E-state index in [2.05, 4.69) is 5.43 Å². The maximum Gasteiger partial charge on any atom is 0.282 e. The molecule has 0 aliphatic carbocycles. The molecule has 0 bridgehead atoms. The highest BCUT2D eigenvalue weighted by atomic mass is 19.1. The summed E-state index contributed by atoms with van der Waals surface area (Å²) in [5.74, 6) is -1.15. The number of nitrogens with zero attached hydrogens (tertiary/aromatic N) is 2. The van der Waals surface area contributed by atoms with Crippen molar-refractivity contribution in [1.29, 1.82) is 0 Å². The van der Waals surface area contributed by atoms with Crippen LogP contribution in [0.25, 0.3) is 17.0 Å². The molecule has 152 valence electrons. The van der Waals surface area contributed by atoms with Gasteiger partial charge in [-0.2, -0.15) is 0 Å². The van der Waals surface area contributed by atoms with E-state index in [1.54, 1.807) is 48.5 Å². The van der Waals surface area contributed by atoms with Crippen LogP contribution in [0.4, 0.5) is 10.1 Å². The molecule has 1 fully saturated rings. The van der Waals surface area contributed by atoms with Crippen LogP contribution in [-0.4, -0.2) is 16.4 Å². The maximum absolute atomic E-state index is 14.2. The molecule has 5 nitrogen and oxygen atoms in total. The molecule has 0 spiro atoms. The van der Waals surface area contributed by atoms with Gasteiger partial charge in [0.25, 0.3) is 11.8 Å². The zero-order valence-corrected chi connectivity index (χ0v) is 16.5. The highest BCUT2D eigenvalue weighted by molar-refractivity contribution is 6.32. The van der Waals surface area contributed by atoms with Crippen molar-refractivity contribution in [1.82, 2.24) is 9.99 Å². The van der Waals surface area contributed by atoms with Crippen LogP contribution in [0.1, 0.15) is 11.1 Å². The molecule has 1 N–H and O–H groups in total. The van der Waals surface area contributed by atoms with Crippen LogP contribution in [0.3, 0.4) is 0 Å². The van der Waals surface area contributed by atoms with Gasteiger partial charge in [-0.05, 0) is 30.3 Å². The fourth-order valence-corrected chi connectivity index (χ4v) is 3.80. The summed E-state index contributed by atoms with van der Waals surface area (Å²) in [5, 5.41) is 2.12. The van der Waals surface area contributed by atoms with Crippen molar-refractivity contribution in [3.63, 3.8) is 0 Å². The standard InChI is InChI=1S/C25H18FN3O2/c26-22-12-6-4-8-17(22)15-28-16-18(20-11-5-7-13-23(20)28)14-21-24(30)27-29(25(21)31)19-9-2-1-3-10-19/h1-14,16H,15H2,(H,27,30). The van der Waals surface area contributed by atoms with Crippen molar-refractivity contribution in [2.75, 3.05) is 5.01 Å². The van der Waals surface area contributed by atoms with Crippen LogP contribution >= 0.6 is 0 Å². The van der Waals surface area contributed by atoms with E-state index in [9.17, 15) is 14.0 Å². The summed E-state index contributed by atoms with van der Waals surface area (Å²) >= 11 is 0. The van der Waals surface area contributed by atoms with Gasteiger partial charge in [0.05, 0.1) is 12.2 Å². The fraction of sp³-hybridized carbons (Fsp3) is 0.0400. The Hall–Kier alpha value is -4.19. The molecule has 0 saturated carbocycles. The van der Waals surface area contributed by atoms with E-state index in [0.29, 0.717) is 17.8 Å². The Labute approximate surface area is 178 Å². The van der Waals surface area contributed by atoms with Gasteiger partial charge in [0.1, 0.15) is 11.4 Å².